The highest BCUT2D eigenvalue weighted by Crippen LogP contribution is 2.28. The Morgan fingerprint density at radius 2 is 1.59 bits per heavy atom. The summed E-state index contributed by atoms with van der Waals surface area (Å²) in [7, 11) is -1.30. The number of anilines is 1. The van der Waals surface area contributed by atoms with Crippen molar-refractivity contribution in [2.75, 3.05) is 19.5 Å². The maximum atomic E-state index is 13.2. The fourth-order valence-electron chi connectivity index (χ4n) is 3.12. The molecule has 32 heavy (non-hydrogen) atoms. The van der Waals surface area contributed by atoms with Gasteiger partial charge in [-0.2, -0.15) is 4.72 Å². The summed E-state index contributed by atoms with van der Waals surface area (Å²) < 4.78 is 39.3. The summed E-state index contributed by atoms with van der Waals surface area (Å²) >= 11 is 6.01. The maximum Gasteiger partial charge on any atom is 0.245 e. The fourth-order valence-corrected chi connectivity index (χ4v) is 4.74. The Morgan fingerprint density at radius 3 is 2.28 bits per heavy atom. The minimum atomic E-state index is -4.15. The molecule has 0 unspecified atom stereocenters. The van der Waals surface area contributed by atoms with E-state index in [0.29, 0.717) is 11.4 Å². The van der Waals surface area contributed by atoms with Gasteiger partial charge in [0.1, 0.15) is 22.4 Å². The Morgan fingerprint density at radius 1 is 0.938 bits per heavy atom. The summed E-state index contributed by atoms with van der Waals surface area (Å²) in [6.07, 6.45) is 0.129. The second-order valence-electron chi connectivity index (χ2n) is 6.85. The van der Waals surface area contributed by atoms with E-state index in [-0.39, 0.29) is 22.1 Å². The van der Waals surface area contributed by atoms with E-state index in [1.54, 1.807) is 24.3 Å². The van der Waals surface area contributed by atoms with Crippen LogP contribution in [0.1, 0.15) is 5.56 Å². The number of sulfonamides is 1. The molecule has 168 valence electrons. The van der Waals surface area contributed by atoms with Gasteiger partial charge in [-0.05, 0) is 42.3 Å². The van der Waals surface area contributed by atoms with Crippen molar-refractivity contribution in [1.82, 2.24) is 4.72 Å². The van der Waals surface area contributed by atoms with Crippen molar-refractivity contribution in [1.29, 1.82) is 0 Å². The van der Waals surface area contributed by atoms with Crippen LogP contribution in [0.2, 0.25) is 5.02 Å². The van der Waals surface area contributed by atoms with Crippen molar-refractivity contribution in [3.05, 3.63) is 83.4 Å². The molecule has 0 aliphatic carbocycles. The topological polar surface area (TPSA) is 93.7 Å². The highest BCUT2D eigenvalue weighted by molar-refractivity contribution is 7.89. The summed E-state index contributed by atoms with van der Waals surface area (Å²) in [4.78, 5) is 13.0. The number of ether oxygens (including phenoxy) is 2. The van der Waals surface area contributed by atoms with Crippen molar-refractivity contribution in [2.24, 2.45) is 0 Å². The third-order valence-corrected chi connectivity index (χ3v) is 6.40. The third-order valence-electron chi connectivity index (χ3n) is 4.68. The van der Waals surface area contributed by atoms with Crippen molar-refractivity contribution < 1.29 is 22.7 Å². The summed E-state index contributed by atoms with van der Waals surface area (Å²) in [6, 6.07) is 19.1. The first-order valence-corrected chi connectivity index (χ1v) is 11.5. The minimum Gasteiger partial charge on any atom is -0.495 e. The summed E-state index contributed by atoms with van der Waals surface area (Å²) in [5.41, 5.74) is 1.21. The molecule has 1 amide bonds. The first-order chi connectivity index (χ1) is 15.3. The van der Waals surface area contributed by atoms with Gasteiger partial charge in [0.2, 0.25) is 15.9 Å². The van der Waals surface area contributed by atoms with E-state index < -0.39 is 22.0 Å². The molecule has 1 atom stereocenters. The zero-order chi connectivity index (χ0) is 23.1. The van der Waals surface area contributed by atoms with Crippen LogP contribution in [-0.2, 0) is 21.2 Å². The van der Waals surface area contributed by atoms with Crippen LogP contribution in [-0.4, -0.2) is 34.6 Å². The highest BCUT2D eigenvalue weighted by atomic mass is 35.5. The Bertz CT molecular complexity index is 1190. The van der Waals surface area contributed by atoms with E-state index in [1.807, 2.05) is 30.3 Å². The van der Waals surface area contributed by atoms with E-state index in [1.165, 1.54) is 32.4 Å². The van der Waals surface area contributed by atoms with E-state index in [0.717, 1.165) is 5.56 Å². The van der Waals surface area contributed by atoms with Crippen LogP contribution in [0.15, 0.2) is 77.7 Å². The fraction of sp³-hybridized carbons (Fsp3) is 0.174. The quantitative estimate of drug-likeness (QED) is 0.490. The second kappa shape index (κ2) is 10.5. The number of hydrogen-bond acceptors (Lipinski definition) is 5. The molecule has 0 fully saturated rings. The molecule has 0 spiro atoms. The SMILES string of the molecule is COc1ccccc1NC(=O)[C@H](Cc1ccccc1)NS(=O)(=O)c1cc(Cl)ccc1OC. The molecular formula is C23H23ClN2O5S. The first-order valence-electron chi connectivity index (χ1n) is 9.67. The lowest BCUT2D eigenvalue weighted by atomic mass is 10.1. The number of amides is 1. The second-order valence-corrected chi connectivity index (χ2v) is 8.97. The monoisotopic (exact) mass is 474 g/mol. The van der Waals surface area contributed by atoms with E-state index in [2.05, 4.69) is 10.0 Å². The van der Waals surface area contributed by atoms with Gasteiger partial charge in [0.25, 0.3) is 0 Å². The molecule has 3 aromatic carbocycles. The van der Waals surface area contributed by atoms with Gasteiger partial charge < -0.3 is 14.8 Å². The summed E-state index contributed by atoms with van der Waals surface area (Å²) in [5, 5.41) is 2.97. The van der Waals surface area contributed by atoms with Gasteiger partial charge in [0.05, 0.1) is 19.9 Å². The Labute approximate surface area is 192 Å². The lowest BCUT2D eigenvalue weighted by Gasteiger charge is -2.20. The van der Waals surface area contributed by atoms with Gasteiger partial charge in [0, 0.05) is 5.02 Å². The van der Waals surface area contributed by atoms with E-state index in [4.69, 9.17) is 21.1 Å². The van der Waals surface area contributed by atoms with Crippen molar-refractivity contribution in [3.63, 3.8) is 0 Å². The van der Waals surface area contributed by atoms with Gasteiger partial charge in [-0.25, -0.2) is 8.42 Å². The van der Waals surface area contributed by atoms with Crippen molar-refractivity contribution in [3.8, 4) is 11.5 Å². The highest BCUT2D eigenvalue weighted by Gasteiger charge is 2.29. The number of benzene rings is 3. The predicted molar refractivity (Wildman–Crippen MR) is 124 cm³/mol. The van der Waals surface area contributed by atoms with Gasteiger partial charge in [-0.15, -0.1) is 0 Å². The van der Waals surface area contributed by atoms with E-state index in [9.17, 15) is 13.2 Å². The summed E-state index contributed by atoms with van der Waals surface area (Å²) in [6.45, 7) is 0. The van der Waals surface area contributed by atoms with Crippen LogP contribution in [0.3, 0.4) is 0 Å². The van der Waals surface area contributed by atoms with Crippen LogP contribution in [0.25, 0.3) is 0 Å². The zero-order valence-electron chi connectivity index (χ0n) is 17.5. The standard InChI is InChI=1S/C23H23ClN2O5S/c1-30-20-11-7-6-10-18(20)25-23(27)19(14-16-8-4-3-5-9-16)26-32(28,29)22-15-17(24)12-13-21(22)31-2/h3-13,15,19,26H,14H2,1-2H3,(H,25,27)/t19-/m0/s1. The Kier molecular flexibility index (Phi) is 7.74. The number of methoxy groups -OCH3 is 2. The molecule has 2 N–H and O–H groups in total. The molecule has 0 saturated carbocycles. The van der Waals surface area contributed by atoms with Crippen LogP contribution in [0, 0.1) is 0 Å². The molecule has 3 rings (SSSR count). The average Bonchev–Trinajstić information content (AvgIpc) is 2.79. The van der Waals surface area contributed by atoms with Gasteiger partial charge in [-0.1, -0.05) is 54.1 Å². The smallest absolute Gasteiger partial charge is 0.245 e. The molecule has 0 heterocycles. The Hall–Kier alpha value is -3.07. The van der Waals surface area contributed by atoms with E-state index >= 15 is 0 Å². The van der Waals surface area contributed by atoms with Crippen molar-refractivity contribution in [2.45, 2.75) is 17.4 Å². The number of nitrogens with one attached hydrogen (secondary N) is 2. The molecular weight excluding hydrogens is 452 g/mol. The predicted octanol–water partition coefficient (Wildman–Crippen LogP) is 3.89. The lowest BCUT2D eigenvalue weighted by molar-refractivity contribution is -0.117. The maximum absolute atomic E-state index is 13.2. The lowest BCUT2D eigenvalue weighted by Crippen LogP contribution is -2.45. The number of carbonyl (C=O) groups is 1. The third kappa shape index (κ3) is 5.79. The molecule has 0 aliphatic heterocycles. The van der Waals surface area contributed by atoms with Crippen LogP contribution >= 0.6 is 11.6 Å². The van der Waals surface area contributed by atoms with Crippen LogP contribution in [0.4, 0.5) is 5.69 Å². The number of hydrogen-bond donors (Lipinski definition) is 2. The minimum absolute atomic E-state index is 0.116. The van der Waals surface area contributed by atoms with Crippen molar-refractivity contribution >= 4 is 33.2 Å². The molecule has 0 aromatic heterocycles. The molecule has 3 aromatic rings. The van der Waals surface area contributed by atoms with Crippen LogP contribution in [0.5, 0.6) is 11.5 Å². The Balaban J connectivity index is 1.94. The average molecular weight is 475 g/mol. The number of halogens is 1. The molecule has 0 radical (unpaired) electrons. The molecule has 9 heteroatoms. The summed E-state index contributed by atoms with van der Waals surface area (Å²) in [5.74, 6) is 0.0344. The molecule has 0 bridgehead atoms. The normalized spacial score (nSPS) is 12.1. The number of para-hydroxylation sites is 2. The van der Waals surface area contributed by atoms with Gasteiger partial charge in [-0.3, -0.25) is 4.79 Å². The van der Waals surface area contributed by atoms with Gasteiger partial charge in [0.15, 0.2) is 0 Å². The van der Waals surface area contributed by atoms with Crippen LogP contribution < -0.4 is 19.5 Å². The number of rotatable bonds is 9. The largest absolute Gasteiger partial charge is 0.495 e. The molecule has 0 aliphatic rings. The van der Waals surface area contributed by atoms with Gasteiger partial charge >= 0.3 is 0 Å². The zero-order valence-corrected chi connectivity index (χ0v) is 19.1. The number of carbonyl (C=O) groups excluding carboxylic acids is 1. The molecule has 0 saturated heterocycles. The molecule has 7 nitrogen and oxygen atoms in total. The first kappa shape index (κ1) is 23.6.